The Kier molecular flexibility index (Phi) is 4.34. The van der Waals surface area contributed by atoms with Gasteiger partial charge in [-0.25, -0.2) is 0 Å². The lowest BCUT2D eigenvalue weighted by atomic mass is 9.82. The van der Waals surface area contributed by atoms with Crippen LogP contribution in [0.2, 0.25) is 0 Å². The van der Waals surface area contributed by atoms with Crippen LogP contribution in [-0.2, 0) is 4.74 Å². The maximum Gasteiger partial charge on any atom is 0.106 e. The Hall–Kier alpha value is -0.860. The Labute approximate surface area is 105 Å². The minimum Gasteiger partial charge on any atom is -0.386 e. The standard InChI is InChI=1S/C15H24O2/c1-10-7-8-11(2)12(9-10)13(16)14(17-6)15(3,4)5/h7-9,13-14,16H,1-6H3. The van der Waals surface area contributed by atoms with Crippen LogP contribution < -0.4 is 0 Å². The van der Waals surface area contributed by atoms with E-state index in [0.717, 1.165) is 16.7 Å². The van der Waals surface area contributed by atoms with Crippen molar-refractivity contribution in [2.45, 2.75) is 46.8 Å². The molecule has 0 saturated carbocycles. The van der Waals surface area contributed by atoms with E-state index in [1.54, 1.807) is 7.11 Å². The van der Waals surface area contributed by atoms with Gasteiger partial charge in [-0.3, -0.25) is 0 Å². The van der Waals surface area contributed by atoms with Crippen LogP contribution in [-0.4, -0.2) is 18.3 Å². The molecule has 1 N–H and O–H groups in total. The molecule has 0 aliphatic rings. The fourth-order valence-corrected chi connectivity index (χ4v) is 2.20. The van der Waals surface area contributed by atoms with Gasteiger partial charge in [-0.15, -0.1) is 0 Å². The van der Waals surface area contributed by atoms with Crippen molar-refractivity contribution in [3.05, 3.63) is 34.9 Å². The summed E-state index contributed by atoms with van der Waals surface area (Å²) in [7, 11) is 1.66. The summed E-state index contributed by atoms with van der Waals surface area (Å²) in [6.45, 7) is 10.3. The molecule has 2 nitrogen and oxygen atoms in total. The fourth-order valence-electron chi connectivity index (χ4n) is 2.20. The lowest BCUT2D eigenvalue weighted by Crippen LogP contribution is -2.34. The van der Waals surface area contributed by atoms with Crippen LogP contribution in [0.25, 0.3) is 0 Å². The molecule has 0 aliphatic heterocycles. The summed E-state index contributed by atoms with van der Waals surface area (Å²) in [5, 5.41) is 10.5. The van der Waals surface area contributed by atoms with Crippen molar-refractivity contribution < 1.29 is 9.84 Å². The molecule has 2 unspecified atom stereocenters. The number of aryl methyl sites for hydroxylation is 2. The zero-order chi connectivity index (χ0) is 13.2. The third-order valence-electron chi connectivity index (χ3n) is 3.15. The molecule has 2 atom stereocenters. The van der Waals surface area contributed by atoms with E-state index < -0.39 is 6.10 Å². The predicted molar refractivity (Wildman–Crippen MR) is 71.1 cm³/mol. The normalized spacial score (nSPS) is 15.7. The fraction of sp³-hybridized carbons (Fsp3) is 0.600. The van der Waals surface area contributed by atoms with Gasteiger partial charge in [0, 0.05) is 7.11 Å². The minimum atomic E-state index is -0.583. The van der Waals surface area contributed by atoms with E-state index in [4.69, 9.17) is 4.74 Å². The van der Waals surface area contributed by atoms with Gasteiger partial charge in [0.25, 0.3) is 0 Å². The average molecular weight is 236 g/mol. The number of benzene rings is 1. The Morgan fingerprint density at radius 1 is 1.18 bits per heavy atom. The molecule has 0 aliphatic carbocycles. The first-order chi connectivity index (χ1) is 7.77. The van der Waals surface area contributed by atoms with Crippen molar-refractivity contribution in [1.82, 2.24) is 0 Å². The van der Waals surface area contributed by atoms with E-state index in [2.05, 4.69) is 26.8 Å². The van der Waals surface area contributed by atoms with Crippen molar-refractivity contribution in [1.29, 1.82) is 0 Å². The Morgan fingerprint density at radius 3 is 2.24 bits per heavy atom. The highest BCUT2D eigenvalue weighted by Gasteiger charge is 2.32. The molecule has 96 valence electrons. The summed E-state index contributed by atoms with van der Waals surface area (Å²) in [5.74, 6) is 0. The quantitative estimate of drug-likeness (QED) is 0.871. The molecule has 0 radical (unpaired) electrons. The molecule has 0 heterocycles. The molecule has 1 rings (SSSR count). The minimum absolute atomic E-state index is 0.0929. The SMILES string of the molecule is COC(C(O)c1cc(C)ccc1C)C(C)(C)C. The molecule has 2 heteroatoms. The van der Waals surface area contributed by atoms with Crippen molar-refractivity contribution in [3.63, 3.8) is 0 Å². The van der Waals surface area contributed by atoms with Gasteiger partial charge in [0.1, 0.15) is 6.10 Å². The van der Waals surface area contributed by atoms with E-state index >= 15 is 0 Å². The first kappa shape index (κ1) is 14.2. The van der Waals surface area contributed by atoms with Crippen LogP contribution in [0, 0.1) is 19.3 Å². The average Bonchev–Trinajstić information content (AvgIpc) is 2.20. The second-order valence-electron chi connectivity index (χ2n) is 5.83. The smallest absolute Gasteiger partial charge is 0.106 e. The van der Waals surface area contributed by atoms with Crippen LogP contribution in [0.1, 0.15) is 43.6 Å². The van der Waals surface area contributed by atoms with Gasteiger partial charge in [-0.05, 0) is 30.4 Å². The van der Waals surface area contributed by atoms with Crippen LogP contribution in [0.3, 0.4) is 0 Å². The van der Waals surface area contributed by atoms with E-state index in [0.29, 0.717) is 0 Å². The zero-order valence-corrected chi connectivity index (χ0v) is 11.7. The highest BCUT2D eigenvalue weighted by atomic mass is 16.5. The number of methoxy groups -OCH3 is 1. The largest absolute Gasteiger partial charge is 0.386 e. The Balaban J connectivity index is 3.10. The first-order valence-corrected chi connectivity index (χ1v) is 6.05. The summed E-state index contributed by atoms with van der Waals surface area (Å²) < 4.78 is 5.48. The van der Waals surface area contributed by atoms with Crippen molar-refractivity contribution >= 4 is 0 Å². The first-order valence-electron chi connectivity index (χ1n) is 6.05. The number of hydrogen-bond donors (Lipinski definition) is 1. The monoisotopic (exact) mass is 236 g/mol. The van der Waals surface area contributed by atoms with Crippen molar-refractivity contribution in [2.75, 3.05) is 7.11 Å². The summed E-state index contributed by atoms with van der Waals surface area (Å²) in [6, 6.07) is 6.14. The third-order valence-corrected chi connectivity index (χ3v) is 3.15. The topological polar surface area (TPSA) is 29.5 Å². The molecular weight excluding hydrogens is 212 g/mol. The maximum atomic E-state index is 10.5. The highest BCUT2D eigenvalue weighted by molar-refractivity contribution is 5.33. The molecule has 1 aromatic rings. The summed E-state index contributed by atoms with van der Waals surface area (Å²) in [6.07, 6.45) is -0.789. The van der Waals surface area contributed by atoms with Crippen LogP contribution in [0.5, 0.6) is 0 Å². The van der Waals surface area contributed by atoms with Crippen LogP contribution >= 0.6 is 0 Å². The van der Waals surface area contributed by atoms with Gasteiger partial charge in [0.05, 0.1) is 6.10 Å². The van der Waals surface area contributed by atoms with Crippen LogP contribution in [0.4, 0.5) is 0 Å². The Bertz CT molecular complexity index is 377. The van der Waals surface area contributed by atoms with Gasteiger partial charge in [-0.2, -0.15) is 0 Å². The number of rotatable bonds is 3. The number of aliphatic hydroxyl groups excluding tert-OH is 1. The van der Waals surface area contributed by atoms with E-state index in [1.807, 2.05) is 26.0 Å². The zero-order valence-electron chi connectivity index (χ0n) is 11.7. The van der Waals surface area contributed by atoms with Gasteiger partial charge < -0.3 is 9.84 Å². The van der Waals surface area contributed by atoms with Gasteiger partial charge in [0.2, 0.25) is 0 Å². The van der Waals surface area contributed by atoms with Crippen molar-refractivity contribution in [3.8, 4) is 0 Å². The second kappa shape index (κ2) is 5.19. The van der Waals surface area contributed by atoms with Crippen LogP contribution in [0.15, 0.2) is 18.2 Å². The molecule has 0 aromatic heterocycles. The predicted octanol–water partition coefficient (Wildman–Crippen LogP) is 3.40. The summed E-state index contributed by atoms with van der Waals surface area (Å²) >= 11 is 0. The van der Waals surface area contributed by atoms with Gasteiger partial charge in [-0.1, -0.05) is 44.5 Å². The summed E-state index contributed by atoms with van der Waals surface area (Å²) in [5.41, 5.74) is 3.14. The lowest BCUT2D eigenvalue weighted by Gasteiger charge is -2.34. The second-order valence-corrected chi connectivity index (χ2v) is 5.83. The molecule has 0 amide bonds. The van der Waals surface area contributed by atoms with E-state index in [1.165, 1.54) is 0 Å². The molecule has 0 fully saturated rings. The maximum absolute atomic E-state index is 10.5. The molecule has 1 aromatic carbocycles. The lowest BCUT2D eigenvalue weighted by molar-refractivity contribution is -0.0726. The summed E-state index contributed by atoms with van der Waals surface area (Å²) in [4.78, 5) is 0. The van der Waals surface area contributed by atoms with Gasteiger partial charge >= 0.3 is 0 Å². The third kappa shape index (κ3) is 3.30. The number of ether oxygens (including phenoxy) is 1. The Morgan fingerprint density at radius 2 is 1.76 bits per heavy atom. The molecular formula is C15H24O2. The molecule has 17 heavy (non-hydrogen) atoms. The molecule has 0 saturated heterocycles. The number of aliphatic hydroxyl groups is 1. The molecule has 0 bridgehead atoms. The number of hydrogen-bond acceptors (Lipinski definition) is 2. The van der Waals surface area contributed by atoms with Gasteiger partial charge in [0.15, 0.2) is 0 Å². The highest BCUT2D eigenvalue weighted by Crippen LogP contribution is 2.33. The van der Waals surface area contributed by atoms with E-state index in [-0.39, 0.29) is 11.5 Å². The van der Waals surface area contributed by atoms with E-state index in [9.17, 15) is 5.11 Å². The van der Waals surface area contributed by atoms with Crippen molar-refractivity contribution in [2.24, 2.45) is 5.41 Å². The molecule has 0 spiro atoms.